The predicted octanol–water partition coefficient (Wildman–Crippen LogP) is 3.88. The van der Waals surface area contributed by atoms with Crippen molar-refractivity contribution in [1.29, 1.82) is 0 Å². The maximum atomic E-state index is 6.13. The summed E-state index contributed by atoms with van der Waals surface area (Å²) in [5.41, 5.74) is 10.1. The van der Waals surface area contributed by atoms with Gasteiger partial charge in [0.25, 0.3) is 0 Å². The SMILES string of the molecule is C=C/C=C(\C=C)c1nc2cc(C)ccc2n1/C(N)=C/C. The highest BCUT2D eigenvalue weighted by atomic mass is 15.1. The molecule has 20 heavy (non-hydrogen) atoms. The number of benzene rings is 1. The first-order valence-electron chi connectivity index (χ1n) is 6.49. The third kappa shape index (κ3) is 2.30. The second-order valence-electron chi connectivity index (χ2n) is 4.54. The summed E-state index contributed by atoms with van der Waals surface area (Å²) < 4.78 is 1.94. The van der Waals surface area contributed by atoms with E-state index in [1.54, 1.807) is 12.2 Å². The average molecular weight is 265 g/mol. The van der Waals surface area contributed by atoms with Crippen molar-refractivity contribution in [2.45, 2.75) is 13.8 Å². The van der Waals surface area contributed by atoms with Crippen LogP contribution in [0.2, 0.25) is 0 Å². The minimum atomic E-state index is 0.642. The van der Waals surface area contributed by atoms with Crippen molar-refractivity contribution in [2.24, 2.45) is 5.73 Å². The van der Waals surface area contributed by atoms with Crippen molar-refractivity contribution in [1.82, 2.24) is 9.55 Å². The lowest BCUT2D eigenvalue weighted by atomic mass is 10.2. The lowest BCUT2D eigenvalue weighted by molar-refractivity contribution is 1.06. The largest absolute Gasteiger partial charge is 0.385 e. The van der Waals surface area contributed by atoms with E-state index in [0.29, 0.717) is 5.82 Å². The van der Waals surface area contributed by atoms with Gasteiger partial charge in [0.05, 0.1) is 11.0 Å². The van der Waals surface area contributed by atoms with Crippen LogP contribution < -0.4 is 5.73 Å². The second kappa shape index (κ2) is 5.61. The Labute approximate surface area is 119 Å². The smallest absolute Gasteiger partial charge is 0.146 e. The molecule has 0 bridgehead atoms. The monoisotopic (exact) mass is 265 g/mol. The van der Waals surface area contributed by atoms with Crippen LogP contribution in [0.3, 0.4) is 0 Å². The van der Waals surface area contributed by atoms with Crippen molar-refractivity contribution in [3.05, 3.63) is 67.0 Å². The summed E-state index contributed by atoms with van der Waals surface area (Å²) in [5, 5.41) is 0. The van der Waals surface area contributed by atoms with E-state index < -0.39 is 0 Å². The Balaban J connectivity index is 2.85. The minimum absolute atomic E-state index is 0.642. The topological polar surface area (TPSA) is 43.8 Å². The van der Waals surface area contributed by atoms with Gasteiger partial charge in [0.2, 0.25) is 0 Å². The molecule has 0 aliphatic heterocycles. The molecule has 0 aliphatic rings. The van der Waals surface area contributed by atoms with Gasteiger partial charge in [-0.25, -0.2) is 4.98 Å². The van der Waals surface area contributed by atoms with Crippen LogP contribution in [0.4, 0.5) is 0 Å². The molecule has 102 valence electrons. The molecule has 0 radical (unpaired) electrons. The third-order valence-corrected chi connectivity index (χ3v) is 3.14. The molecule has 0 fully saturated rings. The molecule has 2 N–H and O–H groups in total. The standard InChI is InChI=1S/C17H19N3/c1-5-8-13(6-2)17-19-14-11-12(4)9-10-15(14)20(17)16(18)7-3/h5-11H,1-2,18H2,3-4H3/b13-8+,16-7+. The lowest BCUT2D eigenvalue weighted by Crippen LogP contribution is -2.09. The van der Waals surface area contributed by atoms with Gasteiger partial charge >= 0.3 is 0 Å². The Bertz CT molecular complexity index is 730. The summed E-state index contributed by atoms with van der Waals surface area (Å²) >= 11 is 0. The number of imidazole rings is 1. The van der Waals surface area contributed by atoms with Gasteiger partial charge in [-0.15, -0.1) is 0 Å². The number of hydrogen-bond donors (Lipinski definition) is 1. The molecule has 2 rings (SSSR count). The van der Waals surface area contributed by atoms with Crippen molar-refractivity contribution < 1.29 is 0 Å². The summed E-state index contributed by atoms with van der Waals surface area (Å²) in [4.78, 5) is 4.69. The normalized spacial score (nSPS) is 12.7. The van der Waals surface area contributed by atoms with Crippen LogP contribution in [0.1, 0.15) is 18.3 Å². The first-order valence-corrected chi connectivity index (χ1v) is 6.49. The van der Waals surface area contributed by atoms with E-state index in [9.17, 15) is 0 Å². The Kier molecular flexibility index (Phi) is 3.89. The van der Waals surface area contributed by atoms with Crippen LogP contribution in [-0.2, 0) is 0 Å². The van der Waals surface area contributed by atoms with Crippen LogP contribution in [0, 0.1) is 6.92 Å². The van der Waals surface area contributed by atoms with E-state index in [4.69, 9.17) is 5.73 Å². The van der Waals surface area contributed by atoms with Crippen LogP contribution in [0.25, 0.3) is 22.4 Å². The first-order chi connectivity index (χ1) is 9.62. The molecular formula is C17H19N3. The Morgan fingerprint density at radius 2 is 2.10 bits per heavy atom. The number of allylic oxidation sites excluding steroid dienone is 5. The Hall–Kier alpha value is -2.55. The number of aryl methyl sites for hydroxylation is 1. The third-order valence-electron chi connectivity index (χ3n) is 3.14. The quantitative estimate of drug-likeness (QED) is 0.853. The maximum absolute atomic E-state index is 6.13. The first kappa shape index (κ1) is 13.9. The minimum Gasteiger partial charge on any atom is -0.385 e. The van der Waals surface area contributed by atoms with Crippen molar-refractivity contribution in [2.75, 3.05) is 0 Å². The predicted molar refractivity (Wildman–Crippen MR) is 87.0 cm³/mol. The van der Waals surface area contributed by atoms with E-state index in [2.05, 4.69) is 24.2 Å². The van der Waals surface area contributed by atoms with Gasteiger partial charge in [-0.05, 0) is 37.6 Å². The summed E-state index contributed by atoms with van der Waals surface area (Å²) in [6.07, 6.45) is 7.21. The van der Waals surface area contributed by atoms with Gasteiger partial charge in [-0.1, -0.05) is 37.5 Å². The van der Waals surface area contributed by atoms with Crippen LogP contribution in [-0.4, -0.2) is 9.55 Å². The molecule has 1 aromatic heterocycles. The number of nitrogens with two attached hydrogens (primary N) is 1. The van der Waals surface area contributed by atoms with Crippen molar-refractivity contribution in [3.63, 3.8) is 0 Å². The molecule has 0 amide bonds. The summed E-state index contributed by atoms with van der Waals surface area (Å²) in [6, 6.07) is 6.14. The van der Waals surface area contributed by atoms with Gasteiger partial charge in [0.15, 0.2) is 0 Å². The van der Waals surface area contributed by atoms with Gasteiger partial charge in [0.1, 0.15) is 11.6 Å². The molecular weight excluding hydrogens is 246 g/mol. The second-order valence-corrected chi connectivity index (χ2v) is 4.54. The highest BCUT2D eigenvalue weighted by Gasteiger charge is 2.14. The molecule has 0 unspecified atom stereocenters. The zero-order chi connectivity index (χ0) is 14.7. The van der Waals surface area contributed by atoms with Crippen molar-refractivity contribution >= 4 is 22.4 Å². The molecule has 0 aliphatic carbocycles. The molecule has 3 nitrogen and oxygen atoms in total. The highest BCUT2D eigenvalue weighted by Crippen LogP contribution is 2.25. The summed E-state index contributed by atoms with van der Waals surface area (Å²) in [7, 11) is 0. The fourth-order valence-corrected chi connectivity index (χ4v) is 2.14. The summed E-state index contributed by atoms with van der Waals surface area (Å²) in [5.74, 6) is 1.42. The van der Waals surface area contributed by atoms with Gasteiger partial charge in [0, 0.05) is 5.57 Å². The molecule has 1 aromatic carbocycles. The molecule has 0 spiro atoms. The highest BCUT2D eigenvalue weighted by molar-refractivity contribution is 5.86. The lowest BCUT2D eigenvalue weighted by Gasteiger charge is -2.09. The van der Waals surface area contributed by atoms with Gasteiger partial charge in [-0.3, -0.25) is 4.57 Å². The Morgan fingerprint density at radius 1 is 1.35 bits per heavy atom. The van der Waals surface area contributed by atoms with Gasteiger partial charge < -0.3 is 5.73 Å². The molecule has 2 aromatic rings. The van der Waals surface area contributed by atoms with Gasteiger partial charge in [-0.2, -0.15) is 0 Å². The number of nitrogens with zero attached hydrogens (tertiary/aromatic N) is 2. The van der Waals surface area contributed by atoms with E-state index in [1.165, 1.54) is 5.56 Å². The van der Waals surface area contributed by atoms with E-state index in [0.717, 1.165) is 22.4 Å². The molecule has 0 saturated carbocycles. The van der Waals surface area contributed by atoms with Crippen molar-refractivity contribution in [3.8, 4) is 0 Å². The van der Waals surface area contributed by atoms with E-state index in [-0.39, 0.29) is 0 Å². The zero-order valence-corrected chi connectivity index (χ0v) is 11.9. The molecule has 0 atom stereocenters. The molecule has 1 heterocycles. The van der Waals surface area contributed by atoms with Crippen LogP contribution in [0.15, 0.2) is 55.7 Å². The summed E-state index contributed by atoms with van der Waals surface area (Å²) in [6.45, 7) is 11.5. The van der Waals surface area contributed by atoms with E-state index >= 15 is 0 Å². The fourth-order valence-electron chi connectivity index (χ4n) is 2.14. The number of aromatic nitrogens is 2. The Morgan fingerprint density at radius 3 is 2.70 bits per heavy atom. The molecule has 3 heteroatoms. The number of hydrogen-bond acceptors (Lipinski definition) is 2. The maximum Gasteiger partial charge on any atom is 0.146 e. The zero-order valence-electron chi connectivity index (χ0n) is 11.9. The average Bonchev–Trinajstić information content (AvgIpc) is 2.81. The fraction of sp³-hybridized carbons (Fsp3) is 0.118. The molecule has 0 saturated heterocycles. The number of rotatable bonds is 4. The van der Waals surface area contributed by atoms with E-state index in [1.807, 2.05) is 42.7 Å². The van der Waals surface area contributed by atoms with Crippen LogP contribution in [0.5, 0.6) is 0 Å². The van der Waals surface area contributed by atoms with Crippen LogP contribution >= 0.6 is 0 Å². The number of fused-ring (bicyclic) bond motifs is 1.